The molecule has 0 aromatic rings. The molecule has 1 saturated heterocycles. The maximum absolute atomic E-state index is 10.00. The minimum atomic E-state index is -0.559. The normalized spacial score (nSPS) is 30.3. The third-order valence-corrected chi connectivity index (χ3v) is 4.74. The molecule has 5 heteroatoms. The monoisotopic (exact) mass is 284 g/mol. The summed E-state index contributed by atoms with van der Waals surface area (Å²) in [6.07, 6.45) is 8.18. The van der Waals surface area contributed by atoms with Crippen molar-refractivity contribution in [2.45, 2.75) is 63.4 Å². The van der Waals surface area contributed by atoms with Gasteiger partial charge >= 0.3 is 0 Å². The quantitative estimate of drug-likeness (QED) is 0.512. The van der Waals surface area contributed by atoms with Gasteiger partial charge in [-0.25, -0.2) is 0 Å². The summed E-state index contributed by atoms with van der Waals surface area (Å²) >= 11 is 0. The molecule has 0 aromatic heterocycles. The highest BCUT2D eigenvalue weighted by Gasteiger charge is 2.21. The summed E-state index contributed by atoms with van der Waals surface area (Å²) in [6, 6.07) is 1.12. The van der Waals surface area contributed by atoms with Crippen LogP contribution in [0, 0.1) is 0 Å². The number of aliphatic hydroxyl groups excluding tert-OH is 1. The minimum Gasteiger partial charge on any atom is -0.365 e. The molecular formula is C15H32N4O. The lowest BCUT2D eigenvalue weighted by Gasteiger charge is -2.31. The van der Waals surface area contributed by atoms with Crippen LogP contribution in [0.5, 0.6) is 0 Å². The van der Waals surface area contributed by atoms with Gasteiger partial charge in [-0.3, -0.25) is 10.6 Å². The highest BCUT2D eigenvalue weighted by atomic mass is 16.3. The van der Waals surface area contributed by atoms with E-state index in [0.717, 1.165) is 25.9 Å². The van der Waals surface area contributed by atoms with Crippen LogP contribution in [-0.4, -0.2) is 61.7 Å². The van der Waals surface area contributed by atoms with Gasteiger partial charge < -0.3 is 15.3 Å². The Balaban J connectivity index is 1.52. The topological polar surface area (TPSA) is 59.6 Å². The van der Waals surface area contributed by atoms with Gasteiger partial charge in [0.15, 0.2) is 6.35 Å². The van der Waals surface area contributed by atoms with E-state index in [1.807, 2.05) is 7.05 Å². The van der Waals surface area contributed by atoms with E-state index in [-0.39, 0.29) is 0 Å². The van der Waals surface area contributed by atoms with Crippen molar-refractivity contribution in [2.75, 3.05) is 33.2 Å². The zero-order valence-corrected chi connectivity index (χ0v) is 12.9. The van der Waals surface area contributed by atoms with Crippen molar-refractivity contribution in [1.82, 2.24) is 20.9 Å². The first-order valence-corrected chi connectivity index (χ1v) is 8.35. The Labute approximate surface area is 123 Å². The fourth-order valence-electron chi connectivity index (χ4n) is 3.37. The van der Waals surface area contributed by atoms with Crippen LogP contribution in [0.25, 0.3) is 0 Å². The maximum Gasteiger partial charge on any atom is 0.160 e. The van der Waals surface area contributed by atoms with Crippen LogP contribution in [0.2, 0.25) is 0 Å². The van der Waals surface area contributed by atoms with Crippen LogP contribution < -0.4 is 16.0 Å². The maximum atomic E-state index is 10.00. The number of aliphatic hydroxyl groups is 1. The fraction of sp³-hybridized carbons (Fsp3) is 1.00. The van der Waals surface area contributed by atoms with Gasteiger partial charge in [0.2, 0.25) is 0 Å². The van der Waals surface area contributed by atoms with Crippen molar-refractivity contribution in [1.29, 1.82) is 0 Å². The summed E-state index contributed by atoms with van der Waals surface area (Å²) in [5.74, 6) is 0. The molecule has 5 nitrogen and oxygen atoms in total. The van der Waals surface area contributed by atoms with Gasteiger partial charge in [-0.15, -0.1) is 0 Å². The Morgan fingerprint density at radius 1 is 1.05 bits per heavy atom. The molecule has 0 spiro atoms. The first kappa shape index (κ1) is 16.2. The van der Waals surface area contributed by atoms with Crippen LogP contribution in [0.15, 0.2) is 0 Å². The lowest BCUT2D eigenvalue weighted by molar-refractivity contribution is 0.0750. The van der Waals surface area contributed by atoms with Crippen LogP contribution in [-0.2, 0) is 0 Å². The van der Waals surface area contributed by atoms with E-state index in [4.69, 9.17) is 0 Å². The molecule has 20 heavy (non-hydrogen) atoms. The third-order valence-electron chi connectivity index (χ3n) is 4.74. The second kappa shape index (κ2) is 8.95. The van der Waals surface area contributed by atoms with Crippen molar-refractivity contribution >= 4 is 0 Å². The molecule has 0 bridgehead atoms. The summed E-state index contributed by atoms with van der Waals surface area (Å²) in [7, 11) is 2.04. The average molecular weight is 284 g/mol. The molecule has 1 aliphatic carbocycles. The second-order valence-corrected chi connectivity index (χ2v) is 6.26. The van der Waals surface area contributed by atoms with E-state index >= 15 is 0 Å². The fourth-order valence-corrected chi connectivity index (χ4v) is 3.37. The predicted molar refractivity (Wildman–Crippen MR) is 82.5 cm³/mol. The molecule has 1 aliphatic heterocycles. The first-order chi connectivity index (χ1) is 9.78. The van der Waals surface area contributed by atoms with Gasteiger partial charge in [-0.05, 0) is 58.7 Å². The molecule has 1 heterocycles. The molecule has 2 fully saturated rings. The van der Waals surface area contributed by atoms with Crippen molar-refractivity contribution in [3.8, 4) is 0 Å². The molecule has 4 N–H and O–H groups in total. The standard InChI is InChI=1S/C15H32N4O/c1-16-13-5-7-14(8-6-13)18-15(20)17-9-12-19-10-3-2-4-11-19/h13-18,20H,2-12H2,1H3. The van der Waals surface area contributed by atoms with E-state index in [2.05, 4.69) is 20.9 Å². The van der Waals surface area contributed by atoms with Gasteiger partial charge in [0.25, 0.3) is 0 Å². The smallest absolute Gasteiger partial charge is 0.160 e. The van der Waals surface area contributed by atoms with Gasteiger partial charge in [0.05, 0.1) is 0 Å². The van der Waals surface area contributed by atoms with Crippen LogP contribution in [0.4, 0.5) is 0 Å². The minimum absolute atomic E-state index is 0.456. The molecule has 1 unspecified atom stereocenters. The number of likely N-dealkylation sites (tertiary alicyclic amines) is 1. The summed E-state index contributed by atoms with van der Waals surface area (Å²) in [5, 5.41) is 19.8. The predicted octanol–water partition coefficient (Wildman–Crippen LogP) is 0.458. The summed E-state index contributed by atoms with van der Waals surface area (Å²) in [4.78, 5) is 2.49. The summed E-state index contributed by atoms with van der Waals surface area (Å²) in [6.45, 7) is 4.35. The molecular weight excluding hydrogens is 252 g/mol. The molecule has 2 aliphatic rings. The van der Waals surface area contributed by atoms with Crippen LogP contribution in [0.1, 0.15) is 44.9 Å². The highest BCUT2D eigenvalue weighted by molar-refractivity contribution is 4.80. The Kier molecular flexibility index (Phi) is 7.24. The lowest BCUT2D eigenvalue weighted by Crippen LogP contribution is -2.51. The molecule has 0 amide bonds. The zero-order valence-electron chi connectivity index (χ0n) is 12.9. The Hall–Kier alpha value is -0.200. The Bertz CT molecular complexity index is 250. The number of piperidine rings is 1. The van der Waals surface area contributed by atoms with Crippen LogP contribution in [0.3, 0.4) is 0 Å². The lowest BCUT2D eigenvalue weighted by atomic mass is 9.91. The zero-order chi connectivity index (χ0) is 14.2. The van der Waals surface area contributed by atoms with E-state index in [1.165, 1.54) is 45.2 Å². The SMILES string of the molecule is CNC1CCC(NC(O)NCCN2CCCCC2)CC1. The van der Waals surface area contributed by atoms with Gasteiger partial charge in [0, 0.05) is 25.2 Å². The number of nitrogens with one attached hydrogen (secondary N) is 3. The molecule has 118 valence electrons. The number of hydrogen-bond acceptors (Lipinski definition) is 5. The van der Waals surface area contributed by atoms with E-state index < -0.39 is 6.35 Å². The van der Waals surface area contributed by atoms with Crippen LogP contribution >= 0.6 is 0 Å². The molecule has 2 rings (SSSR count). The Morgan fingerprint density at radius 3 is 2.35 bits per heavy atom. The van der Waals surface area contributed by atoms with Gasteiger partial charge in [0.1, 0.15) is 0 Å². The van der Waals surface area contributed by atoms with Gasteiger partial charge in [-0.2, -0.15) is 0 Å². The molecule has 0 radical (unpaired) electrons. The number of nitrogens with zero attached hydrogens (tertiary/aromatic N) is 1. The van der Waals surface area contributed by atoms with Gasteiger partial charge in [-0.1, -0.05) is 6.42 Å². The van der Waals surface area contributed by atoms with E-state index in [0.29, 0.717) is 12.1 Å². The van der Waals surface area contributed by atoms with E-state index in [9.17, 15) is 5.11 Å². The van der Waals surface area contributed by atoms with E-state index in [1.54, 1.807) is 0 Å². The number of hydrogen-bond donors (Lipinski definition) is 4. The van der Waals surface area contributed by atoms with Crippen molar-refractivity contribution < 1.29 is 5.11 Å². The highest BCUT2D eigenvalue weighted by Crippen LogP contribution is 2.18. The van der Waals surface area contributed by atoms with Crippen molar-refractivity contribution in [2.24, 2.45) is 0 Å². The van der Waals surface area contributed by atoms with Crippen molar-refractivity contribution in [3.05, 3.63) is 0 Å². The number of rotatable bonds is 7. The first-order valence-electron chi connectivity index (χ1n) is 8.35. The Morgan fingerprint density at radius 2 is 1.70 bits per heavy atom. The average Bonchev–Trinajstić information content (AvgIpc) is 2.49. The summed E-state index contributed by atoms with van der Waals surface area (Å²) < 4.78 is 0. The second-order valence-electron chi connectivity index (χ2n) is 6.26. The molecule has 1 atom stereocenters. The molecule has 1 saturated carbocycles. The summed E-state index contributed by atoms with van der Waals surface area (Å²) in [5.41, 5.74) is 0. The molecule has 0 aromatic carbocycles. The largest absolute Gasteiger partial charge is 0.365 e. The third kappa shape index (κ3) is 5.66. The van der Waals surface area contributed by atoms with Crippen molar-refractivity contribution in [3.63, 3.8) is 0 Å².